The van der Waals surface area contributed by atoms with E-state index in [0.29, 0.717) is 11.3 Å². The van der Waals surface area contributed by atoms with Gasteiger partial charge in [0, 0.05) is 16.2 Å². The Bertz CT molecular complexity index is 452. The van der Waals surface area contributed by atoms with Crippen LogP contribution in [0.15, 0.2) is 23.1 Å². The first-order valence-electron chi connectivity index (χ1n) is 7.99. The molecule has 0 aliphatic heterocycles. The molecule has 0 bridgehead atoms. The fourth-order valence-electron chi connectivity index (χ4n) is 3.00. The summed E-state index contributed by atoms with van der Waals surface area (Å²) in [4.78, 5) is 0.832. The summed E-state index contributed by atoms with van der Waals surface area (Å²) >= 11 is 1.70. The molecule has 1 aliphatic carbocycles. The Kier molecular flexibility index (Phi) is 6.49. The van der Waals surface area contributed by atoms with Gasteiger partial charge in [-0.05, 0) is 56.3 Å². The van der Waals surface area contributed by atoms with Crippen LogP contribution in [0.5, 0.6) is 0 Å². The standard InChI is InChI=1S/C17H25F2NS/c1-3-9-20-16-8-5-12(4-2)10-17(16)21-13-6-7-14(18)15(19)11-13/h6-7,11-12,16-17,20H,3-5,8-10H2,1-2H3. The summed E-state index contributed by atoms with van der Waals surface area (Å²) in [6.07, 6.45) is 5.93. The number of hydrogen-bond acceptors (Lipinski definition) is 2. The lowest BCUT2D eigenvalue weighted by Gasteiger charge is -2.36. The molecule has 3 atom stereocenters. The maximum Gasteiger partial charge on any atom is 0.159 e. The Hall–Kier alpha value is -0.610. The van der Waals surface area contributed by atoms with Crippen LogP contribution in [0.25, 0.3) is 0 Å². The molecule has 1 aliphatic rings. The summed E-state index contributed by atoms with van der Waals surface area (Å²) in [5.41, 5.74) is 0. The normalized spacial score (nSPS) is 26.0. The Labute approximate surface area is 130 Å². The van der Waals surface area contributed by atoms with E-state index in [1.54, 1.807) is 17.8 Å². The van der Waals surface area contributed by atoms with Gasteiger partial charge in [0.1, 0.15) is 0 Å². The van der Waals surface area contributed by atoms with E-state index in [9.17, 15) is 8.78 Å². The van der Waals surface area contributed by atoms with Crippen molar-refractivity contribution in [2.75, 3.05) is 6.54 Å². The van der Waals surface area contributed by atoms with Crippen LogP contribution in [0.2, 0.25) is 0 Å². The van der Waals surface area contributed by atoms with E-state index < -0.39 is 11.6 Å². The second-order valence-electron chi connectivity index (χ2n) is 5.88. The summed E-state index contributed by atoms with van der Waals surface area (Å²) in [6, 6.07) is 4.72. The van der Waals surface area contributed by atoms with Gasteiger partial charge < -0.3 is 5.32 Å². The maximum absolute atomic E-state index is 13.4. The van der Waals surface area contributed by atoms with Gasteiger partial charge in [-0.3, -0.25) is 0 Å². The molecule has 0 aromatic heterocycles. The van der Waals surface area contributed by atoms with E-state index in [4.69, 9.17) is 0 Å². The maximum atomic E-state index is 13.4. The first-order chi connectivity index (χ1) is 10.1. The van der Waals surface area contributed by atoms with Crippen molar-refractivity contribution >= 4 is 11.8 Å². The van der Waals surface area contributed by atoms with E-state index in [1.165, 1.54) is 31.4 Å². The molecule has 0 spiro atoms. The molecule has 1 saturated carbocycles. The quantitative estimate of drug-likeness (QED) is 0.793. The highest BCUT2D eigenvalue weighted by Crippen LogP contribution is 2.38. The summed E-state index contributed by atoms with van der Waals surface area (Å²) in [6.45, 7) is 5.43. The minimum Gasteiger partial charge on any atom is -0.313 e. The topological polar surface area (TPSA) is 12.0 Å². The van der Waals surface area contributed by atoms with Gasteiger partial charge in [-0.15, -0.1) is 11.8 Å². The fourth-order valence-corrected chi connectivity index (χ4v) is 4.43. The summed E-state index contributed by atoms with van der Waals surface area (Å²) in [5, 5.41) is 4.07. The molecule has 0 amide bonds. The molecule has 0 saturated heterocycles. The summed E-state index contributed by atoms with van der Waals surface area (Å²) in [5.74, 6) is -0.761. The monoisotopic (exact) mass is 313 g/mol. The molecule has 1 aromatic rings. The van der Waals surface area contributed by atoms with E-state index in [1.807, 2.05) is 0 Å². The van der Waals surface area contributed by atoms with Gasteiger partial charge in [0.15, 0.2) is 11.6 Å². The van der Waals surface area contributed by atoms with Crippen molar-refractivity contribution in [2.24, 2.45) is 5.92 Å². The van der Waals surface area contributed by atoms with Crippen molar-refractivity contribution in [3.05, 3.63) is 29.8 Å². The molecule has 1 fully saturated rings. The molecule has 3 unspecified atom stereocenters. The second-order valence-corrected chi connectivity index (χ2v) is 7.19. The zero-order chi connectivity index (χ0) is 15.2. The summed E-state index contributed by atoms with van der Waals surface area (Å²) in [7, 11) is 0. The van der Waals surface area contributed by atoms with E-state index >= 15 is 0 Å². The third-order valence-corrected chi connectivity index (χ3v) is 5.66. The van der Waals surface area contributed by atoms with Crippen LogP contribution in [-0.2, 0) is 0 Å². The molecular weight excluding hydrogens is 288 g/mol. The predicted octanol–water partition coefficient (Wildman–Crippen LogP) is 5.00. The SMILES string of the molecule is CCCNC1CCC(CC)CC1Sc1ccc(F)c(F)c1. The van der Waals surface area contributed by atoms with Gasteiger partial charge in [-0.1, -0.05) is 20.3 Å². The number of halogens is 2. The van der Waals surface area contributed by atoms with Gasteiger partial charge in [-0.2, -0.15) is 0 Å². The Morgan fingerprint density at radius 3 is 2.67 bits per heavy atom. The third kappa shape index (κ3) is 4.68. The van der Waals surface area contributed by atoms with Gasteiger partial charge in [0.05, 0.1) is 0 Å². The lowest BCUT2D eigenvalue weighted by Crippen LogP contribution is -2.42. The molecule has 21 heavy (non-hydrogen) atoms. The molecule has 118 valence electrons. The van der Waals surface area contributed by atoms with E-state index in [2.05, 4.69) is 19.2 Å². The van der Waals surface area contributed by atoms with Crippen LogP contribution < -0.4 is 5.32 Å². The predicted molar refractivity (Wildman–Crippen MR) is 85.7 cm³/mol. The lowest BCUT2D eigenvalue weighted by molar-refractivity contribution is 0.295. The van der Waals surface area contributed by atoms with Crippen LogP contribution in [-0.4, -0.2) is 17.8 Å². The Morgan fingerprint density at radius 1 is 1.19 bits per heavy atom. The minimum absolute atomic E-state index is 0.445. The summed E-state index contributed by atoms with van der Waals surface area (Å²) < 4.78 is 26.4. The first-order valence-corrected chi connectivity index (χ1v) is 8.87. The van der Waals surface area contributed by atoms with Crippen molar-refractivity contribution in [1.29, 1.82) is 0 Å². The van der Waals surface area contributed by atoms with Crippen LogP contribution in [0.3, 0.4) is 0 Å². The van der Waals surface area contributed by atoms with Crippen molar-refractivity contribution in [3.63, 3.8) is 0 Å². The number of benzene rings is 1. The van der Waals surface area contributed by atoms with Gasteiger partial charge in [0.2, 0.25) is 0 Å². The van der Waals surface area contributed by atoms with E-state index in [0.717, 1.165) is 30.2 Å². The molecule has 0 radical (unpaired) electrons. The van der Waals surface area contributed by atoms with E-state index in [-0.39, 0.29) is 0 Å². The van der Waals surface area contributed by atoms with Gasteiger partial charge in [-0.25, -0.2) is 8.78 Å². The third-order valence-electron chi connectivity index (χ3n) is 4.31. The Balaban J connectivity index is 2.05. The van der Waals surface area contributed by atoms with Crippen molar-refractivity contribution in [1.82, 2.24) is 5.32 Å². The van der Waals surface area contributed by atoms with Crippen LogP contribution >= 0.6 is 11.8 Å². The molecular formula is C17H25F2NS. The first kappa shape index (κ1) is 16.8. The molecule has 1 aromatic carbocycles. The molecule has 0 heterocycles. The number of thioether (sulfide) groups is 1. The average molecular weight is 313 g/mol. The molecule has 4 heteroatoms. The zero-order valence-electron chi connectivity index (χ0n) is 12.9. The van der Waals surface area contributed by atoms with Crippen molar-refractivity contribution < 1.29 is 8.78 Å². The minimum atomic E-state index is -0.768. The second kappa shape index (κ2) is 8.14. The number of nitrogens with one attached hydrogen (secondary N) is 1. The van der Waals surface area contributed by atoms with Crippen LogP contribution in [0.1, 0.15) is 46.0 Å². The highest BCUT2D eigenvalue weighted by atomic mass is 32.2. The lowest BCUT2D eigenvalue weighted by atomic mass is 9.84. The molecule has 1 N–H and O–H groups in total. The van der Waals surface area contributed by atoms with Gasteiger partial charge >= 0.3 is 0 Å². The molecule has 2 rings (SSSR count). The van der Waals surface area contributed by atoms with Crippen LogP contribution in [0.4, 0.5) is 8.78 Å². The highest BCUT2D eigenvalue weighted by Gasteiger charge is 2.30. The fraction of sp³-hybridized carbons (Fsp3) is 0.647. The van der Waals surface area contributed by atoms with Crippen molar-refractivity contribution in [2.45, 2.75) is 62.1 Å². The average Bonchev–Trinajstić information content (AvgIpc) is 2.49. The molecule has 1 nitrogen and oxygen atoms in total. The van der Waals surface area contributed by atoms with Crippen molar-refractivity contribution in [3.8, 4) is 0 Å². The van der Waals surface area contributed by atoms with Crippen LogP contribution in [0, 0.1) is 17.6 Å². The van der Waals surface area contributed by atoms with Gasteiger partial charge in [0.25, 0.3) is 0 Å². The largest absolute Gasteiger partial charge is 0.313 e. The highest BCUT2D eigenvalue weighted by molar-refractivity contribution is 8.00. The zero-order valence-corrected chi connectivity index (χ0v) is 13.7. The number of hydrogen-bond donors (Lipinski definition) is 1. The Morgan fingerprint density at radius 2 is 2.00 bits per heavy atom. The number of rotatable bonds is 6. The smallest absolute Gasteiger partial charge is 0.159 e.